The normalized spacial score (nSPS) is 14.8. The van der Waals surface area contributed by atoms with Gasteiger partial charge in [-0.2, -0.15) is 5.10 Å². The number of hydrogen-bond donors (Lipinski definition) is 1. The number of benzene rings is 2. The number of halogens is 1. The largest absolute Gasteiger partial charge is 0.437 e. The van der Waals surface area contributed by atoms with Crippen molar-refractivity contribution in [1.29, 1.82) is 0 Å². The number of rotatable bonds is 9. The van der Waals surface area contributed by atoms with Crippen LogP contribution in [0, 0.1) is 0 Å². The van der Waals surface area contributed by atoms with Crippen LogP contribution in [-0.4, -0.2) is 38.5 Å². The average molecular weight is 426 g/mol. The van der Waals surface area contributed by atoms with Crippen molar-refractivity contribution in [3.05, 3.63) is 65.2 Å². The Kier molecular flexibility index (Phi) is 6.42. The van der Waals surface area contributed by atoms with Crippen LogP contribution in [0.3, 0.4) is 0 Å². The molecular weight excluding hydrogens is 398 g/mol. The maximum absolute atomic E-state index is 10.3. The van der Waals surface area contributed by atoms with Gasteiger partial charge in [-0.3, -0.25) is 4.90 Å². The predicted octanol–water partition coefficient (Wildman–Crippen LogP) is 5.27. The Bertz CT molecular complexity index is 985. The van der Waals surface area contributed by atoms with Crippen molar-refractivity contribution in [3.8, 4) is 22.9 Å². The summed E-state index contributed by atoms with van der Waals surface area (Å²) in [6.07, 6.45) is 2.73. The molecule has 158 valence electrons. The van der Waals surface area contributed by atoms with Crippen molar-refractivity contribution >= 4 is 11.6 Å². The Balaban J connectivity index is 1.74. The van der Waals surface area contributed by atoms with Crippen molar-refractivity contribution in [2.24, 2.45) is 7.05 Å². The number of para-hydroxylation sites is 1. The second kappa shape index (κ2) is 9.21. The van der Waals surface area contributed by atoms with Gasteiger partial charge in [-0.05, 0) is 31.4 Å². The van der Waals surface area contributed by atoms with Crippen LogP contribution in [0.15, 0.2) is 54.6 Å². The highest BCUT2D eigenvalue weighted by Gasteiger charge is 2.32. The van der Waals surface area contributed by atoms with Crippen molar-refractivity contribution < 1.29 is 9.84 Å². The van der Waals surface area contributed by atoms with Gasteiger partial charge in [0.1, 0.15) is 11.4 Å². The van der Waals surface area contributed by atoms with Crippen molar-refractivity contribution in [1.82, 2.24) is 14.7 Å². The summed E-state index contributed by atoms with van der Waals surface area (Å²) >= 11 is 6.36. The number of hydrogen-bond acceptors (Lipinski definition) is 4. The Morgan fingerprint density at radius 2 is 1.87 bits per heavy atom. The number of aryl methyl sites for hydroxylation is 1. The van der Waals surface area contributed by atoms with Gasteiger partial charge in [0, 0.05) is 31.7 Å². The minimum atomic E-state index is -0.338. The van der Waals surface area contributed by atoms with E-state index >= 15 is 0 Å². The first-order valence-electron chi connectivity index (χ1n) is 10.5. The smallest absolute Gasteiger partial charge is 0.222 e. The lowest BCUT2D eigenvalue weighted by atomic mass is 10.1. The average Bonchev–Trinajstić information content (AvgIpc) is 3.56. The molecule has 0 aliphatic heterocycles. The zero-order chi connectivity index (χ0) is 21.1. The molecule has 1 atom stereocenters. The van der Waals surface area contributed by atoms with Crippen molar-refractivity contribution in [3.63, 3.8) is 0 Å². The molecule has 0 saturated heterocycles. The molecule has 1 fully saturated rings. The van der Waals surface area contributed by atoms with E-state index in [1.165, 1.54) is 0 Å². The van der Waals surface area contributed by atoms with Gasteiger partial charge in [-0.1, -0.05) is 61.0 Å². The van der Waals surface area contributed by atoms with Gasteiger partial charge in [0.25, 0.3) is 0 Å². The molecule has 1 saturated carbocycles. The predicted molar refractivity (Wildman–Crippen MR) is 120 cm³/mol. The Morgan fingerprint density at radius 1 is 1.17 bits per heavy atom. The van der Waals surface area contributed by atoms with Crippen LogP contribution in [0.4, 0.5) is 0 Å². The first kappa shape index (κ1) is 20.9. The standard InChI is InChI=1S/C24H28ClN3O2/c1-3-19(29)15-28(18-13-14-18)16-20-23(17-9-5-4-6-10-17)26-27(2)24(20)30-22-12-8-7-11-21(22)25/h4-12,18-19,29H,3,13-16H2,1-2H3. The van der Waals surface area contributed by atoms with E-state index in [2.05, 4.69) is 17.0 Å². The highest BCUT2D eigenvalue weighted by Crippen LogP contribution is 2.38. The lowest BCUT2D eigenvalue weighted by molar-refractivity contribution is 0.101. The third-order valence-corrected chi connectivity index (χ3v) is 5.83. The molecule has 0 spiro atoms. The maximum Gasteiger partial charge on any atom is 0.222 e. The summed E-state index contributed by atoms with van der Waals surface area (Å²) in [5.74, 6) is 1.29. The van der Waals surface area contributed by atoms with Gasteiger partial charge < -0.3 is 9.84 Å². The monoisotopic (exact) mass is 425 g/mol. The molecule has 1 aromatic heterocycles. The quantitative estimate of drug-likeness (QED) is 0.507. The molecular formula is C24H28ClN3O2. The second-order valence-corrected chi connectivity index (χ2v) is 8.28. The fraction of sp³-hybridized carbons (Fsp3) is 0.375. The molecule has 30 heavy (non-hydrogen) atoms. The number of ether oxygens (including phenoxy) is 1. The number of aliphatic hydroxyl groups excluding tert-OH is 1. The van der Waals surface area contributed by atoms with Crippen molar-refractivity contribution in [2.75, 3.05) is 6.54 Å². The molecule has 5 nitrogen and oxygen atoms in total. The van der Waals surface area contributed by atoms with Crippen LogP contribution < -0.4 is 4.74 Å². The van der Waals surface area contributed by atoms with Gasteiger partial charge in [0.15, 0.2) is 0 Å². The molecule has 1 aliphatic carbocycles. The Labute approximate surface area is 182 Å². The van der Waals surface area contributed by atoms with Crippen LogP contribution in [0.5, 0.6) is 11.6 Å². The van der Waals surface area contributed by atoms with Gasteiger partial charge in [0.05, 0.1) is 16.7 Å². The molecule has 2 aromatic carbocycles. The number of aromatic nitrogens is 2. The van der Waals surface area contributed by atoms with E-state index in [1.54, 1.807) is 4.68 Å². The summed E-state index contributed by atoms with van der Waals surface area (Å²) in [7, 11) is 1.89. The second-order valence-electron chi connectivity index (χ2n) is 7.88. The topological polar surface area (TPSA) is 50.5 Å². The highest BCUT2D eigenvalue weighted by molar-refractivity contribution is 6.32. The molecule has 1 heterocycles. The third-order valence-electron chi connectivity index (χ3n) is 5.52. The van der Waals surface area contributed by atoms with Gasteiger partial charge in [-0.25, -0.2) is 4.68 Å². The molecule has 6 heteroatoms. The van der Waals surface area contributed by atoms with Gasteiger partial charge in [-0.15, -0.1) is 0 Å². The summed E-state index contributed by atoms with van der Waals surface area (Å²) in [5.41, 5.74) is 2.96. The Hall–Kier alpha value is -2.34. The lowest BCUT2D eigenvalue weighted by Crippen LogP contribution is -2.33. The third kappa shape index (κ3) is 4.69. The highest BCUT2D eigenvalue weighted by atomic mass is 35.5. The van der Waals surface area contributed by atoms with E-state index in [4.69, 9.17) is 21.4 Å². The summed E-state index contributed by atoms with van der Waals surface area (Å²) in [6.45, 7) is 3.33. The Morgan fingerprint density at radius 3 is 2.53 bits per heavy atom. The zero-order valence-corrected chi connectivity index (χ0v) is 18.2. The van der Waals surface area contributed by atoms with Gasteiger partial charge in [0.2, 0.25) is 5.88 Å². The van der Waals surface area contributed by atoms with Gasteiger partial charge >= 0.3 is 0 Å². The molecule has 0 amide bonds. The van der Waals surface area contributed by atoms with E-state index in [0.717, 1.165) is 36.1 Å². The summed E-state index contributed by atoms with van der Waals surface area (Å²) in [6, 6.07) is 18.1. The minimum absolute atomic E-state index is 0.338. The van der Waals surface area contributed by atoms with Crippen LogP contribution in [0.25, 0.3) is 11.3 Å². The fourth-order valence-corrected chi connectivity index (χ4v) is 3.84. The van der Waals surface area contributed by atoms with E-state index in [9.17, 15) is 5.11 Å². The molecule has 1 unspecified atom stereocenters. The molecule has 0 radical (unpaired) electrons. The van der Waals surface area contributed by atoms with E-state index < -0.39 is 0 Å². The first-order chi connectivity index (χ1) is 14.6. The molecule has 4 rings (SSSR count). The molecule has 0 bridgehead atoms. The molecule has 1 N–H and O–H groups in total. The summed E-state index contributed by atoms with van der Waals surface area (Å²) in [4.78, 5) is 2.36. The summed E-state index contributed by atoms with van der Waals surface area (Å²) < 4.78 is 8.07. The van der Waals surface area contributed by atoms with E-state index in [0.29, 0.717) is 35.8 Å². The maximum atomic E-state index is 10.3. The van der Waals surface area contributed by atoms with Crippen LogP contribution in [-0.2, 0) is 13.6 Å². The molecule has 3 aromatic rings. The van der Waals surface area contributed by atoms with Crippen LogP contribution >= 0.6 is 11.6 Å². The molecule has 1 aliphatic rings. The number of nitrogens with zero attached hydrogens (tertiary/aromatic N) is 3. The van der Waals surface area contributed by atoms with E-state index in [-0.39, 0.29) is 6.10 Å². The fourth-order valence-electron chi connectivity index (χ4n) is 3.67. The number of aliphatic hydroxyl groups is 1. The van der Waals surface area contributed by atoms with Crippen LogP contribution in [0.2, 0.25) is 5.02 Å². The minimum Gasteiger partial charge on any atom is -0.437 e. The zero-order valence-electron chi connectivity index (χ0n) is 17.5. The lowest BCUT2D eigenvalue weighted by Gasteiger charge is -2.25. The van der Waals surface area contributed by atoms with Crippen molar-refractivity contribution in [2.45, 2.75) is 44.9 Å². The van der Waals surface area contributed by atoms with E-state index in [1.807, 2.05) is 56.4 Å². The first-order valence-corrected chi connectivity index (χ1v) is 10.9. The SMILES string of the molecule is CCC(O)CN(Cc1c(-c2ccccc2)nn(C)c1Oc1ccccc1Cl)C1CC1. The summed E-state index contributed by atoms with van der Waals surface area (Å²) in [5, 5.41) is 15.7. The van der Waals surface area contributed by atoms with Crippen LogP contribution in [0.1, 0.15) is 31.7 Å².